The van der Waals surface area contributed by atoms with E-state index < -0.39 is 11.2 Å². The summed E-state index contributed by atoms with van der Waals surface area (Å²) in [6, 6.07) is 16.3. The molecule has 0 spiro atoms. The minimum atomic E-state index is -0.445. The van der Waals surface area contributed by atoms with Crippen LogP contribution in [0.15, 0.2) is 54.0 Å². The van der Waals surface area contributed by atoms with Gasteiger partial charge in [0.25, 0.3) is 0 Å². The van der Waals surface area contributed by atoms with Crippen molar-refractivity contribution in [3.05, 3.63) is 66.0 Å². The molecule has 0 radical (unpaired) electrons. The summed E-state index contributed by atoms with van der Waals surface area (Å²) in [6.45, 7) is 14.6. The summed E-state index contributed by atoms with van der Waals surface area (Å²) in [4.78, 5) is 40.6. The Hall–Kier alpha value is -2.16. The van der Waals surface area contributed by atoms with Crippen LogP contribution in [0.25, 0.3) is 20.4 Å². The number of para-hydroxylation sites is 2. The molecule has 1 amide bonds. The van der Waals surface area contributed by atoms with E-state index in [0.717, 1.165) is 113 Å². The number of ketones is 1. The first-order valence-corrected chi connectivity index (χ1v) is 29.4. The van der Waals surface area contributed by atoms with Crippen LogP contribution >= 0.6 is 22.7 Å². The average molecular weight is 1030 g/mol. The number of carbonyl (C=O) groups excluding carboxylic acids is 2. The molecule has 16 atom stereocenters. The molecule has 2 heterocycles. The van der Waals surface area contributed by atoms with E-state index >= 15 is 0 Å². The van der Waals surface area contributed by atoms with Gasteiger partial charge >= 0.3 is 18.9 Å². The molecule has 8 aliphatic carbocycles. The number of fused-ring (bicyclic) bond motifs is 12. The van der Waals surface area contributed by atoms with Gasteiger partial charge in [0, 0.05) is 18.9 Å². The maximum atomic E-state index is 13.7. The molecule has 11 heteroatoms. The molecule has 2 N–H and O–H groups in total. The predicted octanol–water partition coefficient (Wildman–Crippen LogP) is 12.7. The van der Waals surface area contributed by atoms with Crippen molar-refractivity contribution in [3.63, 3.8) is 0 Å². The van der Waals surface area contributed by atoms with Crippen LogP contribution in [-0.2, 0) is 9.63 Å². The summed E-state index contributed by atoms with van der Waals surface area (Å²) >= 11 is 3.26. The molecule has 8 nitrogen and oxygen atoms in total. The van der Waals surface area contributed by atoms with Crippen molar-refractivity contribution in [2.45, 2.75) is 189 Å². The summed E-state index contributed by atoms with van der Waals surface area (Å²) in [6.07, 6.45) is 23.3. The molecule has 0 unspecified atom stereocenters. The molecule has 73 heavy (non-hydrogen) atoms. The average Bonchev–Trinajstić information content (AvgIpc) is 4.17. The van der Waals surface area contributed by atoms with Crippen LogP contribution in [0.3, 0.4) is 0 Å². The molecule has 0 aliphatic heterocycles. The number of benzene rings is 2. The zero-order chi connectivity index (χ0) is 49.6. The fraction of sp³-hybridized carbons (Fsp3) is 0.726. The maximum Gasteiger partial charge on any atom is 1.00 e. The van der Waals surface area contributed by atoms with Crippen LogP contribution in [0.2, 0.25) is 0 Å². The van der Waals surface area contributed by atoms with Crippen molar-refractivity contribution in [1.29, 1.82) is 0 Å². The second kappa shape index (κ2) is 24.7. The number of Topliss-reactive ketones (excluding diaryl/α,β-unsaturated/α-hetero) is 1. The van der Waals surface area contributed by atoms with E-state index in [9.17, 15) is 19.8 Å². The van der Waals surface area contributed by atoms with Crippen LogP contribution in [0.5, 0.6) is 0 Å². The van der Waals surface area contributed by atoms with Crippen LogP contribution in [0.4, 0.5) is 0 Å². The Labute approximate surface area is 461 Å². The quantitative estimate of drug-likeness (QED) is 0.0886. The molecule has 8 fully saturated rings. The number of thiazole rings is 2. The summed E-state index contributed by atoms with van der Waals surface area (Å²) in [7, 11) is 3.34. The van der Waals surface area contributed by atoms with Gasteiger partial charge in [-0.2, -0.15) is 6.42 Å². The molecule has 0 saturated heterocycles. The molecule has 8 saturated carbocycles. The fourth-order valence-corrected chi connectivity index (χ4v) is 18.9. The van der Waals surface area contributed by atoms with Crippen molar-refractivity contribution in [3.8, 4) is 0 Å². The third-order valence-corrected chi connectivity index (χ3v) is 22.6. The van der Waals surface area contributed by atoms with Crippen LogP contribution in [0, 0.1) is 88.8 Å². The first kappa shape index (κ1) is 60.1. The van der Waals surface area contributed by atoms with Crippen molar-refractivity contribution >= 4 is 54.8 Å². The predicted molar refractivity (Wildman–Crippen MR) is 300 cm³/mol. The fourth-order valence-electron chi connectivity index (χ4n) is 17.2. The van der Waals surface area contributed by atoms with E-state index in [4.69, 9.17) is 9.82 Å². The number of unbranched alkanes of at least 4 members (excludes halogenated alkanes) is 1. The molecular weight excluding hydrogens is 938 g/mol. The number of hydroxylamine groups is 2. The SMILES string of the molecule is C.C.CON(C)C(=O)[C@H]1CC[C@H]2[C@@H]3CC[C@@H]4C[C@](C)(O)CC[C@@H]4[C@H]3CC[C@]12C.C[C@@]1(O)CC[C@H]2[C@H](CC[C@@H]3[C@@H]2CC[C@]2(C)[C@@H](C(=O)c4nc5ccccc5s4)CC[C@@H]32)C1.[CH2-]CCC.[Li+].c1ccc2scnc2c1. The number of rotatable bonds is 5. The molecule has 8 aliphatic rings. The van der Waals surface area contributed by atoms with Crippen LogP contribution in [-0.4, -0.2) is 62.3 Å². The summed E-state index contributed by atoms with van der Waals surface area (Å²) < 4.78 is 2.39. The van der Waals surface area contributed by atoms with Crippen molar-refractivity contribution < 1.29 is 43.5 Å². The Balaban J connectivity index is 0.000000187. The van der Waals surface area contributed by atoms with Crippen molar-refractivity contribution in [2.24, 2.45) is 81.8 Å². The minimum absolute atomic E-state index is 0. The standard InChI is InChI=1S/C27H35NO2S.C22H37NO3.C7H5NS.C4H9.2CH4.Li/c1-26(30)13-11-17-16(15-26)7-8-19-18(17)12-14-27(2)20(19)9-10-21(27)24(29)25-28-22-5-3-4-6-23(22)31-25;1-21(25)11-9-15-14(13-21)5-6-17-16(15)10-12-22(2)18(17)7-8-19(22)20(24)23(3)26-4;1-2-4-7-6(3-1)8-5-9-7;1-3-4-2;;;/h3-6,16-21,30H,7-15H2,1-2H3;14-19,25H,5-13H2,1-4H3;1-5H;1,3-4H2,2H3;2*1H4;/q;;;-1;;;+1/t16-,17+,18-,19-,20+,21-,26-,27+;14-,15+,16-,17-,18+,19-,21-,22+;;;;;/m11...../s1. The van der Waals surface area contributed by atoms with Gasteiger partial charge in [-0.1, -0.05) is 66.3 Å². The first-order valence-electron chi connectivity index (χ1n) is 27.7. The van der Waals surface area contributed by atoms with Gasteiger partial charge in [-0.25, -0.2) is 15.0 Å². The summed E-state index contributed by atoms with van der Waals surface area (Å²) in [5.41, 5.74) is 3.34. The van der Waals surface area contributed by atoms with E-state index in [-0.39, 0.29) is 62.3 Å². The van der Waals surface area contributed by atoms with Crippen molar-refractivity contribution in [1.82, 2.24) is 15.0 Å². The van der Waals surface area contributed by atoms with E-state index in [1.165, 1.54) is 93.2 Å². The van der Waals surface area contributed by atoms with Crippen LogP contribution in [0.1, 0.15) is 188 Å². The van der Waals surface area contributed by atoms with Gasteiger partial charge in [0.1, 0.15) is 0 Å². The molecule has 4 aromatic rings. The number of aliphatic hydroxyl groups is 2. The van der Waals surface area contributed by atoms with Gasteiger partial charge in [-0.15, -0.1) is 22.7 Å². The Morgan fingerprint density at radius 1 is 0.671 bits per heavy atom. The molecule has 0 bridgehead atoms. The number of amides is 1. The molecule has 400 valence electrons. The molecular formula is C62H94LiN3O5S2. The minimum Gasteiger partial charge on any atom is -0.390 e. The molecule has 2 aromatic carbocycles. The maximum absolute atomic E-state index is 13.7. The normalized spacial score (nSPS) is 38.5. The number of aromatic nitrogens is 2. The Bertz CT molecular complexity index is 2350. The largest absolute Gasteiger partial charge is 1.00 e. The number of hydrogen-bond donors (Lipinski definition) is 2. The van der Waals surface area contributed by atoms with Gasteiger partial charge in [0.2, 0.25) is 5.91 Å². The van der Waals surface area contributed by atoms with E-state index in [1.807, 2.05) is 55.8 Å². The van der Waals surface area contributed by atoms with Crippen LogP contribution < -0.4 is 18.9 Å². The number of carbonyl (C=O) groups is 2. The van der Waals surface area contributed by atoms with Gasteiger partial charge < -0.3 is 17.1 Å². The second-order valence-corrected chi connectivity index (χ2v) is 26.7. The topological polar surface area (TPSA) is 113 Å². The monoisotopic (exact) mass is 1030 g/mol. The van der Waals surface area contributed by atoms with Gasteiger partial charge in [0.15, 0.2) is 10.8 Å². The van der Waals surface area contributed by atoms with Gasteiger partial charge in [-0.3, -0.25) is 14.4 Å². The third kappa shape index (κ3) is 12.1. The summed E-state index contributed by atoms with van der Waals surface area (Å²) in [5, 5.41) is 23.3. The van der Waals surface area contributed by atoms with E-state index in [1.54, 1.807) is 36.8 Å². The molecule has 2 aromatic heterocycles. The van der Waals surface area contributed by atoms with Gasteiger partial charge in [-0.05, 0) is 224 Å². The van der Waals surface area contributed by atoms with E-state index in [2.05, 4.69) is 44.8 Å². The van der Waals surface area contributed by atoms with Gasteiger partial charge in [0.05, 0.1) is 44.3 Å². The zero-order valence-corrected chi connectivity index (χ0v) is 46.4. The summed E-state index contributed by atoms with van der Waals surface area (Å²) in [5.74, 6) is 8.46. The first-order chi connectivity index (χ1) is 33.5. The Morgan fingerprint density at radius 2 is 1.15 bits per heavy atom. The van der Waals surface area contributed by atoms with Crippen molar-refractivity contribution in [2.75, 3.05) is 14.2 Å². The number of hydrogen-bond acceptors (Lipinski definition) is 9. The Kier molecular flexibility index (Phi) is 20.3. The van der Waals surface area contributed by atoms with E-state index in [0.29, 0.717) is 17.6 Å². The molecule has 12 rings (SSSR count). The Morgan fingerprint density at radius 3 is 1.66 bits per heavy atom. The smallest absolute Gasteiger partial charge is 0.390 e. The number of nitrogens with zero attached hydrogens (tertiary/aromatic N) is 3. The second-order valence-electron chi connectivity index (χ2n) is 24.7. The third-order valence-electron chi connectivity index (χ3n) is 20.8. The zero-order valence-electron chi connectivity index (χ0n) is 44.8.